The van der Waals surface area contributed by atoms with Crippen molar-refractivity contribution >= 4 is 15.7 Å². The van der Waals surface area contributed by atoms with Crippen LogP contribution in [-0.4, -0.2) is 25.9 Å². The molecule has 0 heterocycles. The molecule has 0 unspecified atom stereocenters. The van der Waals surface area contributed by atoms with Gasteiger partial charge in [-0.3, -0.25) is 10.1 Å². The fraction of sp³-hybridized carbons (Fsp3) is 0.571. The smallest absolute Gasteiger partial charge is 0.289 e. The Morgan fingerprint density at radius 1 is 1.36 bits per heavy atom. The van der Waals surface area contributed by atoms with E-state index in [2.05, 4.69) is 4.72 Å². The molecule has 3 N–H and O–H groups in total. The highest BCUT2D eigenvalue weighted by atomic mass is 32.2. The first-order valence-electron chi connectivity index (χ1n) is 7.32. The van der Waals surface area contributed by atoms with Gasteiger partial charge in [-0.05, 0) is 43.9 Å². The molecule has 1 aliphatic carbocycles. The van der Waals surface area contributed by atoms with Gasteiger partial charge in [0.2, 0.25) is 10.0 Å². The summed E-state index contributed by atoms with van der Waals surface area (Å²) in [5.41, 5.74) is 5.95. The van der Waals surface area contributed by atoms with Crippen LogP contribution in [0.1, 0.15) is 31.2 Å². The molecule has 0 bridgehead atoms. The highest BCUT2D eigenvalue weighted by molar-refractivity contribution is 7.89. The first kappa shape index (κ1) is 16.9. The lowest BCUT2D eigenvalue weighted by Gasteiger charge is -2.30. The van der Waals surface area contributed by atoms with Crippen molar-refractivity contribution in [1.82, 2.24) is 4.72 Å². The molecule has 0 aliphatic heterocycles. The summed E-state index contributed by atoms with van der Waals surface area (Å²) < 4.78 is 27.7. The van der Waals surface area contributed by atoms with Crippen LogP contribution in [0, 0.1) is 23.0 Å². The number of rotatable bonds is 5. The third kappa shape index (κ3) is 3.63. The summed E-state index contributed by atoms with van der Waals surface area (Å²) >= 11 is 0. The molecular formula is C14H21N3O4S. The second-order valence-corrected chi connectivity index (χ2v) is 7.42. The standard InChI is InChI=1S/C14H21N3O4S/c1-10-6-7-14(13(8-10)17(18)19)22(20,21)16-12-5-3-2-4-11(12)9-15/h6-8,11-12,16H,2-5,9,15H2,1H3/t11-,12-/m0/s1. The first-order valence-corrected chi connectivity index (χ1v) is 8.81. The van der Waals surface area contributed by atoms with Crippen molar-refractivity contribution in [3.05, 3.63) is 33.9 Å². The molecule has 1 aromatic rings. The van der Waals surface area contributed by atoms with E-state index in [1.165, 1.54) is 12.1 Å². The second-order valence-electron chi connectivity index (χ2n) is 5.74. The predicted molar refractivity (Wildman–Crippen MR) is 83.0 cm³/mol. The maximum Gasteiger partial charge on any atom is 0.289 e. The zero-order valence-electron chi connectivity index (χ0n) is 12.5. The number of nitrogens with zero attached hydrogens (tertiary/aromatic N) is 1. The minimum atomic E-state index is -3.94. The van der Waals surface area contributed by atoms with E-state index in [0.717, 1.165) is 19.3 Å². The fourth-order valence-corrected chi connectivity index (χ4v) is 4.40. The third-order valence-corrected chi connectivity index (χ3v) is 5.66. The van der Waals surface area contributed by atoms with E-state index < -0.39 is 20.6 Å². The predicted octanol–water partition coefficient (Wildman–Crippen LogP) is 1.70. The number of nitro groups is 1. The number of hydrogen-bond acceptors (Lipinski definition) is 5. The number of benzene rings is 1. The molecule has 8 heteroatoms. The van der Waals surface area contributed by atoms with Gasteiger partial charge in [-0.2, -0.15) is 0 Å². The lowest BCUT2D eigenvalue weighted by atomic mass is 9.85. The number of nitro benzene ring substituents is 1. The molecule has 1 fully saturated rings. The van der Waals surface area contributed by atoms with E-state index in [0.29, 0.717) is 18.5 Å². The van der Waals surface area contributed by atoms with Crippen LogP contribution >= 0.6 is 0 Å². The average molecular weight is 327 g/mol. The Kier molecular flexibility index (Phi) is 5.15. The normalized spacial score (nSPS) is 22.5. The monoisotopic (exact) mass is 327 g/mol. The molecule has 1 saturated carbocycles. The summed E-state index contributed by atoms with van der Waals surface area (Å²) in [6, 6.07) is 3.86. The molecule has 0 aromatic heterocycles. The summed E-state index contributed by atoms with van der Waals surface area (Å²) in [4.78, 5) is 10.2. The number of nitrogens with one attached hydrogen (secondary N) is 1. The summed E-state index contributed by atoms with van der Waals surface area (Å²) in [6.45, 7) is 2.09. The van der Waals surface area contributed by atoms with Gasteiger partial charge in [-0.1, -0.05) is 18.9 Å². The van der Waals surface area contributed by atoms with Crippen LogP contribution in [0.3, 0.4) is 0 Å². The van der Waals surface area contributed by atoms with Gasteiger partial charge in [0.15, 0.2) is 4.90 Å². The Morgan fingerprint density at radius 3 is 2.68 bits per heavy atom. The molecule has 7 nitrogen and oxygen atoms in total. The van der Waals surface area contributed by atoms with Crippen LogP contribution in [0.4, 0.5) is 5.69 Å². The van der Waals surface area contributed by atoms with Gasteiger partial charge in [0.1, 0.15) is 0 Å². The molecule has 122 valence electrons. The lowest BCUT2D eigenvalue weighted by molar-refractivity contribution is -0.387. The Morgan fingerprint density at radius 2 is 2.05 bits per heavy atom. The van der Waals surface area contributed by atoms with Crippen LogP contribution in [0.2, 0.25) is 0 Å². The summed E-state index contributed by atoms with van der Waals surface area (Å²) in [6.07, 6.45) is 3.55. The highest BCUT2D eigenvalue weighted by Gasteiger charge is 2.32. The van der Waals surface area contributed by atoms with E-state index in [4.69, 9.17) is 5.73 Å². The molecule has 0 radical (unpaired) electrons. The van der Waals surface area contributed by atoms with Crippen LogP contribution in [0.25, 0.3) is 0 Å². The molecule has 1 aliphatic rings. The van der Waals surface area contributed by atoms with Crippen LogP contribution < -0.4 is 10.5 Å². The topological polar surface area (TPSA) is 115 Å². The maximum absolute atomic E-state index is 12.5. The van der Waals surface area contributed by atoms with Crippen LogP contribution in [0.5, 0.6) is 0 Å². The van der Waals surface area contributed by atoms with Crippen molar-refractivity contribution in [1.29, 1.82) is 0 Å². The molecule has 2 rings (SSSR count). The fourth-order valence-electron chi connectivity index (χ4n) is 2.91. The van der Waals surface area contributed by atoms with Crippen molar-refractivity contribution in [3.63, 3.8) is 0 Å². The molecular weight excluding hydrogens is 306 g/mol. The molecule has 1 aromatic carbocycles. The van der Waals surface area contributed by atoms with E-state index in [1.807, 2.05) is 0 Å². The zero-order chi connectivity index (χ0) is 16.3. The Hall–Kier alpha value is -1.51. The quantitative estimate of drug-likeness (QED) is 0.631. The molecule has 22 heavy (non-hydrogen) atoms. The van der Waals surface area contributed by atoms with Crippen molar-refractivity contribution < 1.29 is 13.3 Å². The minimum absolute atomic E-state index is 0.0769. The van der Waals surface area contributed by atoms with Gasteiger partial charge < -0.3 is 5.73 Å². The average Bonchev–Trinajstić information content (AvgIpc) is 2.47. The Bertz CT molecular complexity index is 660. The van der Waals surface area contributed by atoms with E-state index in [-0.39, 0.29) is 16.9 Å². The number of sulfonamides is 1. The molecule has 0 amide bonds. The van der Waals surface area contributed by atoms with Gasteiger partial charge in [-0.25, -0.2) is 13.1 Å². The highest BCUT2D eigenvalue weighted by Crippen LogP contribution is 2.28. The molecule has 2 atom stereocenters. The second kappa shape index (κ2) is 6.72. The maximum atomic E-state index is 12.5. The summed E-state index contributed by atoms with van der Waals surface area (Å²) in [5.74, 6) is 0.0769. The Labute approximate surface area is 130 Å². The molecule has 0 saturated heterocycles. The third-order valence-electron chi connectivity index (χ3n) is 4.12. The van der Waals surface area contributed by atoms with Gasteiger partial charge in [0, 0.05) is 12.1 Å². The summed E-state index contributed by atoms with van der Waals surface area (Å²) in [7, 11) is -3.94. The van der Waals surface area contributed by atoms with Gasteiger partial charge in [-0.15, -0.1) is 0 Å². The van der Waals surface area contributed by atoms with E-state index >= 15 is 0 Å². The molecule has 0 spiro atoms. The van der Waals surface area contributed by atoms with E-state index in [1.54, 1.807) is 13.0 Å². The van der Waals surface area contributed by atoms with Gasteiger partial charge >= 0.3 is 0 Å². The van der Waals surface area contributed by atoms with Crippen molar-refractivity contribution in [2.45, 2.75) is 43.5 Å². The van der Waals surface area contributed by atoms with Gasteiger partial charge in [0.05, 0.1) is 4.92 Å². The first-order chi connectivity index (χ1) is 10.3. The zero-order valence-corrected chi connectivity index (χ0v) is 13.3. The SMILES string of the molecule is Cc1ccc(S(=O)(=O)N[C@H]2CCCC[C@H]2CN)c([N+](=O)[O-])c1. The minimum Gasteiger partial charge on any atom is -0.330 e. The van der Waals surface area contributed by atoms with Crippen molar-refractivity contribution in [2.24, 2.45) is 11.7 Å². The van der Waals surface area contributed by atoms with Crippen molar-refractivity contribution in [2.75, 3.05) is 6.54 Å². The largest absolute Gasteiger partial charge is 0.330 e. The number of hydrogen-bond donors (Lipinski definition) is 2. The Balaban J connectivity index is 2.32. The summed E-state index contributed by atoms with van der Waals surface area (Å²) in [5, 5.41) is 11.1. The van der Waals surface area contributed by atoms with E-state index in [9.17, 15) is 18.5 Å². The lowest BCUT2D eigenvalue weighted by Crippen LogP contribution is -2.44. The number of nitrogens with two attached hydrogens (primary N) is 1. The van der Waals surface area contributed by atoms with Crippen LogP contribution in [-0.2, 0) is 10.0 Å². The number of aryl methyl sites for hydroxylation is 1. The van der Waals surface area contributed by atoms with Gasteiger partial charge in [0.25, 0.3) is 5.69 Å². The van der Waals surface area contributed by atoms with Crippen molar-refractivity contribution in [3.8, 4) is 0 Å². The van der Waals surface area contributed by atoms with Crippen LogP contribution in [0.15, 0.2) is 23.1 Å².